The number of aromatic nitrogens is 1. The van der Waals surface area contributed by atoms with Crippen molar-refractivity contribution in [1.82, 2.24) is 4.68 Å². The van der Waals surface area contributed by atoms with Crippen molar-refractivity contribution in [2.75, 3.05) is 11.6 Å². The second kappa shape index (κ2) is 4.81. The molecule has 96 valence electrons. The molecule has 2 aromatic rings. The Morgan fingerprint density at radius 1 is 1.22 bits per heavy atom. The lowest BCUT2D eigenvalue weighted by atomic mass is 10.0. The number of nitrogens with two attached hydrogens (primary N) is 4. The summed E-state index contributed by atoms with van der Waals surface area (Å²) < 4.78 is 0.904. The number of rotatable bonds is 3. The lowest BCUT2D eigenvalue weighted by Gasteiger charge is -2.16. The van der Waals surface area contributed by atoms with Crippen molar-refractivity contribution >= 4 is 17.2 Å². The van der Waals surface area contributed by atoms with Crippen molar-refractivity contribution in [3.05, 3.63) is 39.0 Å². The molecule has 2 rings (SSSR count). The van der Waals surface area contributed by atoms with E-state index in [1.165, 1.54) is 11.3 Å². The minimum atomic E-state index is -0.379. The minimum absolute atomic E-state index is 0.0938. The lowest BCUT2D eigenvalue weighted by Crippen LogP contribution is -2.35. The average Bonchev–Trinajstić information content (AvgIpc) is 2.89. The zero-order valence-corrected chi connectivity index (χ0v) is 10.5. The maximum absolute atomic E-state index is 12.0. The van der Waals surface area contributed by atoms with Gasteiger partial charge in [0, 0.05) is 34.7 Å². The van der Waals surface area contributed by atoms with Crippen LogP contribution in [0, 0.1) is 0 Å². The van der Waals surface area contributed by atoms with Crippen molar-refractivity contribution in [3.8, 4) is 10.4 Å². The summed E-state index contributed by atoms with van der Waals surface area (Å²) in [6.45, 7) is 0.292. The zero-order valence-electron chi connectivity index (χ0n) is 9.72. The third-order valence-electron chi connectivity index (χ3n) is 2.83. The fourth-order valence-corrected chi connectivity index (χ4v) is 2.76. The van der Waals surface area contributed by atoms with E-state index in [9.17, 15) is 4.79 Å². The Hall–Kier alpha value is -1.83. The molecule has 2 aromatic heterocycles. The summed E-state index contributed by atoms with van der Waals surface area (Å²) in [5.41, 5.74) is 18.6. The van der Waals surface area contributed by atoms with Crippen LogP contribution in [0.1, 0.15) is 11.1 Å². The minimum Gasteiger partial charge on any atom is -0.383 e. The van der Waals surface area contributed by atoms with Crippen LogP contribution in [-0.2, 0) is 13.1 Å². The highest BCUT2D eigenvalue weighted by Crippen LogP contribution is 2.32. The van der Waals surface area contributed by atoms with E-state index in [-0.39, 0.29) is 24.5 Å². The molecule has 0 amide bonds. The molecule has 7 heteroatoms. The maximum Gasteiger partial charge on any atom is 0.275 e. The van der Waals surface area contributed by atoms with Gasteiger partial charge in [0.1, 0.15) is 5.82 Å². The number of thiophene rings is 1. The quantitative estimate of drug-likeness (QED) is 0.571. The van der Waals surface area contributed by atoms with Crippen molar-refractivity contribution < 1.29 is 0 Å². The van der Waals surface area contributed by atoms with E-state index in [4.69, 9.17) is 23.0 Å². The van der Waals surface area contributed by atoms with Crippen LogP contribution >= 0.6 is 11.3 Å². The zero-order chi connectivity index (χ0) is 13.3. The van der Waals surface area contributed by atoms with E-state index in [1.807, 2.05) is 17.5 Å². The molecule has 2 heterocycles. The molecule has 0 spiro atoms. The molecule has 0 bridgehead atoms. The monoisotopic (exact) mass is 265 g/mol. The number of nitrogen functional groups attached to an aromatic ring is 2. The van der Waals surface area contributed by atoms with Gasteiger partial charge in [0.25, 0.3) is 5.56 Å². The van der Waals surface area contributed by atoms with Gasteiger partial charge in [-0.05, 0) is 11.4 Å². The van der Waals surface area contributed by atoms with Gasteiger partial charge >= 0.3 is 0 Å². The van der Waals surface area contributed by atoms with E-state index in [1.54, 1.807) is 0 Å². The van der Waals surface area contributed by atoms with Crippen molar-refractivity contribution in [3.63, 3.8) is 0 Å². The first-order valence-corrected chi connectivity index (χ1v) is 6.25. The van der Waals surface area contributed by atoms with Crippen LogP contribution in [0.3, 0.4) is 0 Å². The van der Waals surface area contributed by atoms with E-state index in [0.717, 1.165) is 15.1 Å². The van der Waals surface area contributed by atoms with E-state index < -0.39 is 0 Å². The number of anilines is 1. The van der Waals surface area contributed by atoms with Crippen molar-refractivity contribution in [2.24, 2.45) is 11.5 Å². The third kappa shape index (κ3) is 1.78. The average molecular weight is 265 g/mol. The summed E-state index contributed by atoms with van der Waals surface area (Å²) in [4.78, 5) is 13.0. The summed E-state index contributed by atoms with van der Waals surface area (Å²) in [6.07, 6.45) is 0. The molecule has 0 aliphatic rings. The van der Waals surface area contributed by atoms with Crippen LogP contribution in [-0.4, -0.2) is 4.68 Å². The van der Waals surface area contributed by atoms with Gasteiger partial charge in [-0.25, -0.2) is 4.68 Å². The molecule has 18 heavy (non-hydrogen) atoms. The summed E-state index contributed by atoms with van der Waals surface area (Å²) in [5.74, 6) is 5.81. The molecule has 0 aromatic carbocycles. The first-order valence-electron chi connectivity index (χ1n) is 5.37. The standard InChI is InChI=1S/C11H15N5OS/c12-4-6-9(8-2-1-3-18-8)7(5-13)11(17)16(15)10(6)14/h1-3H,4-5,12-15H2. The molecule has 6 nitrogen and oxygen atoms in total. The maximum atomic E-state index is 12.0. The van der Waals surface area contributed by atoms with Gasteiger partial charge in [0.2, 0.25) is 0 Å². The van der Waals surface area contributed by atoms with Crippen LogP contribution in [0.5, 0.6) is 0 Å². The molecule has 0 saturated heterocycles. The van der Waals surface area contributed by atoms with Gasteiger partial charge in [0.15, 0.2) is 0 Å². The smallest absolute Gasteiger partial charge is 0.275 e. The number of nitrogens with zero attached hydrogens (tertiary/aromatic N) is 1. The highest BCUT2D eigenvalue weighted by atomic mass is 32.1. The molecule has 0 atom stereocenters. The van der Waals surface area contributed by atoms with Gasteiger partial charge in [-0.15, -0.1) is 11.3 Å². The Labute approximate surface area is 108 Å². The largest absolute Gasteiger partial charge is 0.383 e. The Balaban J connectivity index is 2.89. The summed E-state index contributed by atoms with van der Waals surface area (Å²) in [6, 6.07) is 3.79. The topological polar surface area (TPSA) is 126 Å². The number of hydrogen-bond donors (Lipinski definition) is 4. The summed E-state index contributed by atoms with van der Waals surface area (Å²) in [5, 5.41) is 1.92. The number of pyridine rings is 1. The van der Waals surface area contributed by atoms with Gasteiger partial charge < -0.3 is 23.0 Å². The second-order valence-electron chi connectivity index (χ2n) is 3.78. The molecule has 0 unspecified atom stereocenters. The van der Waals surface area contributed by atoms with Crippen LogP contribution in [0.4, 0.5) is 5.82 Å². The normalized spacial score (nSPS) is 10.8. The van der Waals surface area contributed by atoms with Gasteiger partial charge in [0.05, 0.1) is 0 Å². The predicted molar refractivity (Wildman–Crippen MR) is 74.4 cm³/mol. The van der Waals surface area contributed by atoms with Gasteiger partial charge in [-0.1, -0.05) is 6.07 Å². The summed E-state index contributed by atoms with van der Waals surface area (Å²) >= 11 is 1.50. The van der Waals surface area contributed by atoms with Crippen LogP contribution in [0.15, 0.2) is 22.3 Å². The first-order chi connectivity index (χ1) is 8.61. The molecule has 0 aliphatic heterocycles. The van der Waals surface area contributed by atoms with Gasteiger partial charge in [-0.3, -0.25) is 4.79 Å². The van der Waals surface area contributed by atoms with Crippen molar-refractivity contribution in [1.29, 1.82) is 0 Å². The Morgan fingerprint density at radius 2 is 1.89 bits per heavy atom. The highest BCUT2D eigenvalue weighted by molar-refractivity contribution is 7.13. The molecular weight excluding hydrogens is 250 g/mol. The van der Waals surface area contributed by atoms with Gasteiger partial charge in [-0.2, -0.15) is 0 Å². The first kappa shape index (κ1) is 12.6. The predicted octanol–water partition coefficient (Wildman–Crippen LogP) is -0.210. The lowest BCUT2D eigenvalue weighted by molar-refractivity contribution is 0.878. The third-order valence-corrected chi connectivity index (χ3v) is 3.71. The van der Waals surface area contributed by atoms with E-state index in [2.05, 4.69) is 0 Å². The molecule has 0 fully saturated rings. The Bertz CT molecular complexity index is 617. The number of hydrogen-bond acceptors (Lipinski definition) is 6. The Kier molecular flexibility index (Phi) is 3.37. The van der Waals surface area contributed by atoms with E-state index in [0.29, 0.717) is 11.1 Å². The van der Waals surface area contributed by atoms with Crippen LogP contribution in [0.25, 0.3) is 10.4 Å². The fourth-order valence-electron chi connectivity index (χ4n) is 1.93. The fraction of sp³-hybridized carbons (Fsp3) is 0.182. The highest BCUT2D eigenvalue weighted by Gasteiger charge is 2.19. The SMILES string of the molecule is NCc1c(-c2cccs2)c(CN)c(=O)n(N)c1N. The Morgan fingerprint density at radius 3 is 2.39 bits per heavy atom. The van der Waals surface area contributed by atoms with Crippen LogP contribution < -0.4 is 28.6 Å². The molecular formula is C11H15N5OS. The molecule has 8 N–H and O–H groups in total. The molecule has 0 radical (unpaired) electrons. The van der Waals surface area contributed by atoms with E-state index >= 15 is 0 Å². The molecule has 0 aliphatic carbocycles. The van der Waals surface area contributed by atoms with Crippen molar-refractivity contribution in [2.45, 2.75) is 13.1 Å². The van der Waals surface area contributed by atoms with Crippen LogP contribution in [0.2, 0.25) is 0 Å². The second-order valence-corrected chi connectivity index (χ2v) is 4.73. The summed E-state index contributed by atoms with van der Waals surface area (Å²) in [7, 11) is 0. The molecule has 0 saturated carbocycles.